The van der Waals surface area contributed by atoms with Gasteiger partial charge >= 0.3 is 29.8 Å². The molecular weight excluding hydrogens is 672 g/mol. The fraction of sp³-hybridized carbons (Fsp3) is 0.550. The molecule has 0 aromatic heterocycles. The Kier molecular flexibility index (Phi) is 8.63. The summed E-state index contributed by atoms with van der Waals surface area (Å²) in [5, 5.41) is 12.9. The van der Waals surface area contributed by atoms with E-state index in [0.717, 1.165) is 0 Å². The van der Waals surface area contributed by atoms with Gasteiger partial charge in [-0.1, -0.05) is 38.5 Å². The summed E-state index contributed by atoms with van der Waals surface area (Å²) in [6.07, 6.45) is 1.16. The molecule has 12 heteroatoms. The third-order valence-corrected chi connectivity index (χ3v) is 12.7. The number of hydrogen-bond donors (Lipinski definition) is 1. The largest absolute Gasteiger partial charge is 0.461 e. The number of esters is 5. The Labute approximate surface area is 301 Å². The molecule has 0 aromatic carbocycles. The Balaban J connectivity index is 1.36. The maximum absolute atomic E-state index is 13.9. The summed E-state index contributed by atoms with van der Waals surface area (Å²) in [6.45, 7) is 13.6. The van der Waals surface area contributed by atoms with Gasteiger partial charge in [-0.2, -0.15) is 0 Å². The normalized spacial score (nSPS) is 38.6. The van der Waals surface area contributed by atoms with Gasteiger partial charge in [0.25, 0.3) is 0 Å². The van der Waals surface area contributed by atoms with Crippen LogP contribution in [0.2, 0.25) is 0 Å². The molecule has 1 N–H and O–H groups in total. The molecule has 0 saturated carbocycles. The van der Waals surface area contributed by atoms with E-state index in [2.05, 4.69) is 0 Å². The minimum absolute atomic E-state index is 0.0222. The molecule has 276 valence electrons. The Hall–Kier alpha value is -4.58. The first-order chi connectivity index (χ1) is 24.5. The lowest BCUT2D eigenvalue weighted by Gasteiger charge is -2.41. The van der Waals surface area contributed by atoms with Crippen LogP contribution in [0.4, 0.5) is 0 Å². The van der Waals surface area contributed by atoms with Crippen LogP contribution in [0.3, 0.4) is 0 Å². The van der Waals surface area contributed by atoms with Gasteiger partial charge in [0, 0.05) is 69.8 Å². The van der Waals surface area contributed by atoms with Gasteiger partial charge in [-0.25, -0.2) is 14.4 Å². The summed E-state index contributed by atoms with van der Waals surface area (Å²) in [7, 11) is 0. The topological polar surface area (TPSA) is 169 Å². The first-order valence-corrected chi connectivity index (χ1v) is 17.9. The highest BCUT2D eigenvalue weighted by molar-refractivity contribution is 6.09. The van der Waals surface area contributed by atoms with Crippen molar-refractivity contribution in [2.45, 2.75) is 98.8 Å². The number of ketones is 1. The van der Waals surface area contributed by atoms with Crippen LogP contribution in [-0.4, -0.2) is 71.3 Å². The quantitative estimate of drug-likeness (QED) is 0.238. The van der Waals surface area contributed by atoms with Crippen molar-refractivity contribution in [2.24, 2.45) is 40.9 Å². The van der Waals surface area contributed by atoms with Crippen LogP contribution in [0.25, 0.3) is 0 Å². The van der Waals surface area contributed by atoms with Crippen molar-refractivity contribution in [3.63, 3.8) is 0 Å². The lowest BCUT2D eigenvalue weighted by Crippen LogP contribution is -2.47. The molecule has 12 nitrogen and oxygen atoms in total. The molecule has 12 atom stereocenters. The number of rotatable bonds is 6. The molecule has 0 bridgehead atoms. The highest BCUT2D eigenvalue weighted by Gasteiger charge is 2.65. The average Bonchev–Trinajstić information content (AvgIpc) is 3.78. The lowest BCUT2D eigenvalue weighted by molar-refractivity contribution is -0.151. The molecular formula is C40H44O12. The van der Waals surface area contributed by atoms with Crippen LogP contribution in [-0.2, 0) is 52.5 Å². The molecule has 52 heavy (non-hydrogen) atoms. The first kappa shape index (κ1) is 35.8. The molecule has 2 saturated heterocycles. The van der Waals surface area contributed by atoms with Crippen LogP contribution in [0, 0.1) is 40.9 Å². The van der Waals surface area contributed by atoms with E-state index < -0.39 is 101 Å². The highest BCUT2D eigenvalue weighted by atomic mass is 16.6. The molecule has 12 unspecified atom stereocenters. The monoisotopic (exact) mass is 716 g/mol. The van der Waals surface area contributed by atoms with E-state index in [4.69, 9.17) is 23.7 Å². The number of hydrogen-bond acceptors (Lipinski definition) is 12. The number of carbonyl (C=O) groups is 6. The van der Waals surface area contributed by atoms with E-state index in [-0.39, 0.29) is 35.5 Å². The fourth-order valence-corrected chi connectivity index (χ4v) is 9.65. The van der Waals surface area contributed by atoms with E-state index >= 15 is 0 Å². The number of aliphatic hydroxyl groups is 1. The number of fused-ring (bicyclic) bond motifs is 5. The Morgan fingerprint density at radius 2 is 1.42 bits per heavy atom. The Morgan fingerprint density at radius 3 is 2.00 bits per heavy atom. The predicted octanol–water partition coefficient (Wildman–Crippen LogP) is 4.08. The van der Waals surface area contributed by atoms with E-state index in [1.807, 2.05) is 0 Å². The van der Waals surface area contributed by atoms with E-state index in [0.29, 0.717) is 27.9 Å². The molecule has 2 fully saturated rings. The standard InChI is InChI=1S/C40H44O12/c1-9-15(3)35(43)48-23-12-20(29-22(41)11-17(5)26(29)32-27(23)18(6)37(45)51-32)34(42)40(8)14-25-30-21(39(47)50-25)13-24(49-36(44)16(4)10-2)28-19(7)38(46)52-33(28)31(30)40/h9-11,14,18-19,23-24,26-28,31-34,42H,12-13H2,1-8H3. The van der Waals surface area contributed by atoms with Gasteiger partial charge in [0.1, 0.15) is 30.2 Å². The van der Waals surface area contributed by atoms with Gasteiger partial charge in [0.05, 0.1) is 17.9 Å². The van der Waals surface area contributed by atoms with Crippen molar-refractivity contribution in [3.8, 4) is 0 Å². The van der Waals surface area contributed by atoms with Gasteiger partial charge in [-0.3, -0.25) is 14.4 Å². The third kappa shape index (κ3) is 5.11. The first-order valence-electron chi connectivity index (χ1n) is 17.9. The van der Waals surface area contributed by atoms with Crippen molar-refractivity contribution in [1.82, 2.24) is 0 Å². The zero-order chi connectivity index (χ0) is 37.7. The smallest absolute Gasteiger partial charge is 0.339 e. The van der Waals surface area contributed by atoms with Crippen molar-refractivity contribution in [3.05, 3.63) is 69.1 Å². The maximum Gasteiger partial charge on any atom is 0.339 e. The SMILES string of the molecule is CC=C(C)C(=O)OC1CC(C(O)C2(C)C=C3OC(=O)C4=C3C2C2OC(=O)C(C)C2C(OC(=O)C(C)=CC)C4)=C2C(=O)C=C(C)C2C2OC(=O)C(C)C12. The molecule has 0 amide bonds. The second-order valence-corrected chi connectivity index (χ2v) is 15.5. The van der Waals surface area contributed by atoms with Gasteiger partial charge in [-0.05, 0) is 52.3 Å². The lowest BCUT2D eigenvalue weighted by atomic mass is 9.65. The number of allylic oxidation sites excluding steroid dienone is 4. The molecule has 0 radical (unpaired) electrons. The van der Waals surface area contributed by atoms with Crippen LogP contribution in [0.1, 0.15) is 68.2 Å². The zero-order valence-corrected chi connectivity index (χ0v) is 30.5. The van der Waals surface area contributed by atoms with Gasteiger partial charge in [-0.15, -0.1) is 0 Å². The summed E-state index contributed by atoms with van der Waals surface area (Å²) in [5.74, 6) is -7.12. The second-order valence-electron chi connectivity index (χ2n) is 15.5. The summed E-state index contributed by atoms with van der Waals surface area (Å²) in [6, 6.07) is 0. The van der Waals surface area contributed by atoms with Crippen molar-refractivity contribution >= 4 is 35.6 Å². The Morgan fingerprint density at radius 1 is 0.885 bits per heavy atom. The summed E-state index contributed by atoms with van der Waals surface area (Å²) in [4.78, 5) is 80.1. The molecule has 3 heterocycles. The van der Waals surface area contributed by atoms with Crippen LogP contribution in [0.15, 0.2) is 69.1 Å². The average molecular weight is 717 g/mol. The summed E-state index contributed by atoms with van der Waals surface area (Å²) < 4.78 is 29.9. The predicted molar refractivity (Wildman–Crippen MR) is 181 cm³/mol. The molecule has 3 aliphatic heterocycles. The fourth-order valence-electron chi connectivity index (χ4n) is 9.65. The summed E-state index contributed by atoms with van der Waals surface area (Å²) in [5.41, 5.74) is 1.33. The second kappa shape index (κ2) is 12.5. The van der Waals surface area contributed by atoms with Gasteiger partial charge < -0.3 is 28.8 Å². The highest BCUT2D eigenvalue weighted by Crippen LogP contribution is 2.61. The number of aliphatic hydroxyl groups excluding tert-OH is 1. The molecule has 0 aromatic rings. The zero-order valence-electron chi connectivity index (χ0n) is 30.5. The van der Waals surface area contributed by atoms with Crippen molar-refractivity contribution < 1.29 is 57.6 Å². The van der Waals surface area contributed by atoms with Gasteiger partial charge in [0.2, 0.25) is 0 Å². The molecule has 7 aliphatic rings. The number of carbonyl (C=O) groups excluding carboxylic acids is 6. The Bertz CT molecular complexity index is 1900. The maximum atomic E-state index is 13.9. The minimum Gasteiger partial charge on any atom is -0.461 e. The van der Waals surface area contributed by atoms with Gasteiger partial charge in [0.15, 0.2) is 5.78 Å². The van der Waals surface area contributed by atoms with Crippen LogP contribution in [0.5, 0.6) is 0 Å². The minimum atomic E-state index is -1.46. The van der Waals surface area contributed by atoms with Crippen molar-refractivity contribution in [2.75, 3.05) is 0 Å². The molecule has 4 aliphatic carbocycles. The van der Waals surface area contributed by atoms with Crippen molar-refractivity contribution in [1.29, 1.82) is 0 Å². The molecule has 7 rings (SSSR count). The molecule has 0 spiro atoms. The van der Waals surface area contributed by atoms with E-state index in [1.54, 1.807) is 73.6 Å². The van der Waals surface area contributed by atoms with E-state index in [9.17, 15) is 33.9 Å². The third-order valence-electron chi connectivity index (χ3n) is 12.7. The summed E-state index contributed by atoms with van der Waals surface area (Å²) >= 11 is 0. The van der Waals surface area contributed by atoms with Crippen LogP contribution < -0.4 is 0 Å². The van der Waals surface area contributed by atoms with E-state index in [1.165, 1.54) is 6.08 Å². The number of ether oxygens (including phenoxy) is 5. The van der Waals surface area contributed by atoms with Crippen LogP contribution >= 0.6 is 0 Å².